The van der Waals surface area contributed by atoms with Crippen LogP contribution in [0, 0.1) is 18.3 Å². The Bertz CT molecular complexity index is 392. The molecule has 1 aromatic rings. The lowest BCUT2D eigenvalue weighted by Crippen LogP contribution is -2.44. The van der Waals surface area contributed by atoms with Crippen molar-refractivity contribution in [2.45, 2.75) is 32.9 Å². The lowest BCUT2D eigenvalue weighted by molar-refractivity contribution is 0.236. The fraction of sp³-hybridized carbons (Fsp3) is 0.538. The molecule has 0 unspecified atom stereocenters. The summed E-state index contributed by atoms with van der Waals surface area (Å²) in [6.07, 6.45) is 9.80. The van der Waals surface area contributed by atoms with Crippen molar-refractivity contribution in [3.8, 4) is 12.3 Å². The van der Waals surface area contributed by atoms with Gasteiger partial charge in [-0.3, -0.25) is 4.68 Å². The van der Waals surface area contributed by atoms with Crippen LogP contribution < -0.4 is 10.6 Å². The van der Waals surface area contributed by atoms with Crippen molar-refractivity contribution in [1.82, 2.24) is 20.4 Å². The van der Waals surface area contributed by atoms with Crippen LogP contribution in [0.1, 0.15) is 20.3 Å². The molecule has 0 aliphatic heterocycles. The number of amides is 2. The summed E-state index contributed by atoms with van der Waals surface area (Å²) in [6, 6.07) is 1.43. The molecule has 1 rings (SSSR count). The first-order valence-electron chi connectivity index (χ1n) is 6.11. The molecule has 5 nitrogen and oxygen atoms in total. The number of carbonyl (C=O) groups excluding carboxylic acids is 1. The monoisotopic (exact) mass is 248 g/mol. The average Bonchev–Trinajstić information content (AvgIpc) is 2.84. The number of hydrogen-bond acceptors (Lipinski definition) is 2. The largest absolute Gasteiger partial charge is 0.338 e. The number of aryl methyl sites for hydroxylation is 1. The number of hydrogen-bond donors (Lipinski definition) is 2. The van der Waals surface area contributed by atoms with Gasteiger partial charge in [0, 0.05) is 25.5 Å². The average molecular weight is 248 g/mol. The molecule has 0 aromatic carbocycles. The maximum absolute atomic E-state index is 11.5. The van der Waals surface area contributed by atoms with Crippen molar-refractivity contribution >= 4 is 6.03 Å². The Morgan fingerprint density at radius 1 is 1.56 bits per heavy atom. The van der Waals surface area contributed by atoms with Crippen LogP contribution in [-0.2, 0) is 6.54 Å². The maximum Gasteiger partial charge on any atom is 0.315 e. The molecular weight excluding hydrogens is 228 g/mol. The van der Waals surface area contributed by atoms with Crippen molar-refractivity contribution in [2.75, 3.05) is 6.54 Å². The van der Waals surface area contributed by atoms with E-state index >= 15 is 0 Å². The predicted octanol–water partition coefficient (Wildman–Crippen LogP) is 1.23. The van der Waals surface area contributed by atoms with E-state index in [1.54, 1.807) is 6.20 Å². The highest BCUT2D eigenvalue weighted by Crippen LogP contribution is 1.99. The van der Waals surface area contributed by atoms with Crippen LogP contribution in [0.25, 0.3) is 0 Å². The topological polar surface area (TPSA) is 59.0 Å². The smallest absolute Gasteiger partial charge is 0.315 e. The van der Waals surface area contributed by atoms with Gasteiger partial charge < -0.3 is 10.6 Å². The van der Waals surface area contributed by atoms with Crippen LogP contribution in [0.3, 0.4) is 0 Å². The van der Waals surface area contributed by atoms with Crippen LogP contribution in [0.2, 0.25) is 0 Å². The Balaban J connectivity index is 2.15. The first-order chi connectivity index (χ1) is 8.63. The highest BCUT2D eigenvalue weighted by atomic mass is 16.2. The fourth-order valence-electron chi connectivity index (χ4n) is 1.47. The van der Waals surface area contributed by atoms with E-state index in [1.807, 2.05) is 30.8 Å². The van der Waals surface area contributed by atoms with Gasteiger partial charge in [0.15, 0.2) is 0 Å². The summed E-state index contributed by atoms with van der Waals surface area (Å²) in [5, 5.41) is 9.61. The second kappa shape index (κ2) is 7.38. The Hall–Kier alpha value is -1.96. The summed E-state index contributed by atoms with van der Waals surface area (Å²) in [5.41, 5.74) is 0. The standard InChI is InChI=1S/C13H20N4O/c1-4-12(11(2)3)16-13(18)14-7-5-9-17-10-6-8-15-17/h1,6,8,10-12H,5,7,9H2,2-3H3,(H2,14,16,18)/t12-/m0/s1. The molecule has 18 heavy (non-hydrogen) atoms. The highest BCUT2D eigenvalue weighted by Gasteiger charge is 2.12. The van der Waals surface area contributed by atoms with Gasteiger partial charge in [-0.1, -0.05) is 19.8 Å². The third kappa shape index (κ3) is 4.91. The van der Waals surface area contributed by atoms with Crippen LogP contribution in [0.15, 0.2) is 18.5 Å². The molecule has 0 aliphatic carbocycles. The van der Waals surface area contributed by atoms with E-state index < -0.39 is 0 Å². The number of rotatable bonds is 6. The van der Waals surface area contributed by atoms with Crippen molar-refractivity contribution in [3.05, 3.63) is 18.5 Å². The van der Waals surface area contributed by atoms with Crippen LogP contribution in [0.4, 0.5) is 4.79 Å². The van der Waals surface area contributed by atoms with Gasteiger partial charge in [-0.2, -0.15) is 5.10 Å². The number of nitrogens with zero attached hydrogens (tertiary/aromatic N) is 2. The summed E-state index contributed by atoms with van der Waals surface area (Å²) in [7, 11) is 0. The fourth-order valence-corrected chi connectivity index (χ4v) is 1.47. The van der Waals surface area contributed by atoms with Crippen LogP contribution in [-0.4, -0.2) is 28.4 Å². The first-order valence-corrected chi connectivity index (χ1v) is 6.11. The zero-order valence-corrected chi connectivity index (χ0v) is 10.9. The van der Waals surface area contributed by atoms with Gasteiger partial charge in [-0.15, -0.1) is 6.42 Å². The van der Waals surface area contributed by atoms with Gasteiger partial charge in [0.2, 0.25) is 0 Å². The molecule has 0 spiro atoms. The molecule has 0 saturated carbocycles. The van der Waals surface area contributed by atoms with Crippen molar-refractivity contribution in [2.24, 2.45) is 5.92 Å². The first kappa shape index (κ1) is 14.1. The zero-order valence-electron chi connectivity index (χ0n) is 10.9. The molecule has 2 amide bonds. The number of aromatic nitrogens is 2. The van der Waals surface area contributed by atoms with Crippen LogP contribution in [0.5, 0.6) is 0 Å². The number of terminal acetylenes is 1. The van der Waals surface area contributed by atoms with Gasteiger partial charge in [-0.25, -0.2) is 4.79 Å². The normalized spacial score (nSPS) is 11.9. The van der Waals surface area contributed by atoms with Gasteiger partial charge >= 0.3 is 6.03 Å². The molecule has 0 bridgehead atoms. The SMILES string of the molecule is C#C[C@H](NC(=O)NCCCn1cccn1)C(C)C. The van der Waals surface area contributed by atoms with Gasteiger partial charge in [0.25, 0.3) is 0 Å². The molecule has 0 saturated heterocycles. The minimum atomic E-state index is -0.226. The molecular formula is C13H20N4O. The molecule has 1 heterocycles. The van der Waals surface area contributed by atoms with E-state index in [-0.39, 0.29) is 18.0 Å². The van der Waals surface area contributed by atoms with Crippen molar-refractivity contribution in [1.29, 1.82) is 0 Å². The molecule has 1 aromatic heterocycles. The molecule has 1 atom stereocenters. The summed E-state index contributed by atoms with van der Waals surface area (Å²) in [4.78, 5) is 11.5. The molecule has 0 aliphatic rings. The lowest BCUT2D eigenvalue weighted by atomic mass is 10.1. The highest BCUT2D eigenvalue weighted by molar-refractivity contribution is 5.74. The Labute approximate surface area is 108 Å². The molecule has 5 heteroatoms. The second-order valence-corrected chi connectivity index (χ2v) is 4.41. The summed E-state index contributed by atoms with van der Waals surface area (Å²) in [5.74, 6) is 2.79. The van der Waals surface area contributed by atoms with Crippen LogP contribution >= 0.6 is 0 Å². The molecule has 0 fully saturated rings. The molecule has 2 N–H and O–H groups in total. The van der Waals surface area contributed by atoms with E-state index in [4.69, 9.17) is 6.42 Å². The quantitative estimate of drug-likeness (QED) is 0.587. The van der Waals surface area contributed by atoms with Gasteiger partial charge in [-0.05, 0) is 18.4 Å². The Morgan fingerprint density at radius 2 is 2.33 bits per heavy atom. The van der Waals surface area contributed by atoms with Crippen molar-refractivity contribution in [3.63, 3.8) is 0 Å². The van der Waals surface area contributed by atoms with Gasteiger partial charge in [0.05, 0.1) is 6.04 Å². The third-order valence-corrected chi connectivity index (χ3v) is 2.54. The summed E-state index contributed by atoms with van der Waals surface area (Å²) < 4.78 is 1.83. The lowest BCUT2D eigenvalue weighted by Gasteiger charge is -2.16. The number of urea groups is 1. The second-order valence-electron chi connectivity index (χ2n) is 4.41. The molecule has 0 radical (unpaired) electrons. The summed E-state index contributed by atoms with van der Waals surface area (Å²) in [6.45, 7) is 5.34. The van der Waals surface area contributed by atoms with E-state index in [2.05, 4.69) is 21.7 Å². The van der Waals surface area contributed by atoms with E-state index in [1.165, 1.54) is 0 Å². The van der Waals surface area contributed by atoms with E-state index in [0.717, 1.165) is 13.0 Å². The maximum atomic E-state index is 11.5. The van der Waals surface area contributed by atoms with Gasteiger partial charge in [0.1, 0.15) is 0 Å². The molecule has 98 valence electrons. The zero-order chi connectivity index (χ0) is 13.4. The number of nitrogens with one attached hydrogen (secondary N) is 2. The Kier molecular flexibility index (Phi) is 5.78. The minimum absolute atomic E-state index is 0.216. The summed E-state index contributed by atoms with van der Waals surface area (Å²) >= 11 is 0. The van der Waals surface area contributed by atoms with E-state index in [9.17, 15) is 4.79 Å². The third-order valence-electron chi connectivity index (χ3n) is 2.54. The van der Waals surface area contributed by atoms with E-state index in [0.29, 0.717) is 6.54 Å². The number of carbonyl (C=O) groups is 1. The minimum Gasteiger partial charge on any atom is -0.338 e. The Morgan fingerprint density at radius 3 is 2.89 bits per heavy atom. The predicted molar refractivity (Wildman–Crippen MR) is 70.8 cm³/mol. The van der Waals surface area contributed by atoms with Crippen molar-refractivity contribution < 1.29 is 4.79 Å².